The molecule has 0 aliphatic rings. The minimum absolute atomic E-state index is 0.0214. The zero-order chi connectivity index (χ0) is 15.9. The molecule has 0 radical (unpaired) electrons. The van der Waals surface area contributed by atoms with E-state index in [1.807, 2.05) is 0 Å². The third kappa shape index (κ3) is 4.45. The van der Waals surface area contributed by atoms with Gasteiger partial charge in [-0.05, 0) is 18.6 Å². The van der Waals surface area contributed by atoms with Crippen LogP contribution in [-0.2, 0) is 6.42 Å². The van der Waals surface area contributed by atoms with Crippen molar-refractivity contribution in [2.45, 2.75) is 32.8 Å². The number of hydrogen-bond donors (Lipinski definition) is 1. The van der Waals surface area contributed by atoms with Gasteiger partial charge in [-0.25, -0.2) is 0 Å². The Hall–Kier alpha value is -2.09. The van der Waals surface area contributed by atoms with Crippen molar-refractivity contribution in [2.24, 2.45) is 0 Å². The molecule has 8 heteroatoms. The second kappa shape index (κ2) is 7.79. The molecule has 1 aromatic carbocycles. The lowest BCUT2D eigenvalue weighted by atomic mass is 10.2. The first-order valence-corrected chi connectivity index (χ1v) is 7.59. The van der Waals surface area contributed by atoms with E-state index in [4.69, 9.17) is 0 Å². The maximum absolute atomic E-state index is 12.3. The highest BCUT2D eigenvalue weighted by atomic mass is 32.1. The summed E-state index contributed by atoms with van der Waals surface area (Å²) < 4.78 is 29.0. The van der Waals surface area contributed by atoms with E-state index in [9.17, 15) is 13.6 Å². The molecule has 0 bridgehead atoms. The number of halogens is 2. The maximum atomic E-state index is 12.3. The largest absolute Gasteiger partial charge is 0.434 e. The minimum atomic E-state index is -2.99. The van der Waals surface area contributed by atoms with Gasteiger partial charge in [0.1, 0.15) is 10.8 Å². The van der Waals surface area contributed by atoms with Gasteiger partial charge in [-0.3, -0.25) is 10.1 Å². The van der Waals surface area contributed by atoms with E-state index in [1.54, 1.807) is 6.07 Å². The van der Waals surface area contributed by atoms with Gasteiger partial charge in [-0.2, -0.15) is 8.78 Å². The Labute approximate surface area is 130 Å². The van der Waals surface area contributed by atoms with Crippen molar-refractivity contribution in [3.8, 4) is 5.75 Å². The molecule has 22 heavy (non-hydrogen) atoms. The number of hydrogen-bond acceptors (Lipinski definition) is 5. The van der Waals surface area contributed by atoms with Crippen LogP contribution < -0.4 is 10.1 Å². The van der Waals surface area contributed by atoms with E-state index >= 15 is 0 Å². The summed E-state index contributed by atoms with van der Waals surface area (Å²) in [6, 6.07) is 5.81. The van der Waals surface area contributed by atoms with Crippen LogP contribution in [0.1, 0.15) is 35.1 Å². The van der Waals surface area contributed by atoms with Gasteiger partial charge in [0.15, 0.2) is 0 Å². The first kappa shape index (κ1) is 16.3. The van der Waals surface area contributed by atoms with Gasteiger partial charge >= 0.3 is 6.61 Å². The van der Waals surface area contributed by atoms with Crippen molar-refractivity contribution in [3.05, 3.63) is 34.8 Å². The van der Waals surface area contributed by atoms with Gasteiger partial charge in [0.25, 0.3) is 5.91 Å². The Morgan fingerprint density at radius 2 is 2.14 bits per heavy atom. The first-order valence-electron chi connectivity index (χ1n) is 6.77. The fourth-order valence-corrected chi connectivity index (χ4v) is 2.53. The molecule has 0 atom stereocenters. The molecule has 1 amide bonds. The Balaban J connectivity index is 2.07. The third-order valence-electron chi connectivity index (χ3n) is 2.78. The van der Waals surface area contributed by atoms with E-state index in [2.05, 4.69) is 27.2 Å². The topological polar surface area (TPSA) is 64.1 Å². The Kier molecular flexibility index (Phi) is 5.76. The van der Waals surface area contributed by atoms with Crippen LogP contribution in [0.15, 0.2) is 24.3 Å². The molecule has 0 fully saturated rings. The van der Waals surface area contributed by atoms with Gasteiger partial charge in [0.2, 0.25) is 5.13 Å². The maximum Gasteiger partial charge on any atom is 0.387 e. The van der Waals surface area contributed by atoms with Gasteiger partial charge in [-0.15, -0.1) is 10.2 Å². The van der Waals surface area contributed by atoms with E-state index in [0.29, 0.717) is 5.13 Å². The second-order valence-electron chi connectivity index (χ2n) is 4.43. The van der Waals surface area contributed by atoms with Crippen LogP contribution in [0.25, 0.3) is 0 Å². The SMILES string of the molecule is CCCCc1nnc(NC(=O)c2ccccc2OC(F)F)s1. The third-order valence-corrected chi connectivity index (χ3v) is 3.68. The lowest BCUT2D eigenvalue weighted by molar-refractivity contribution is -0.0501. The van der Waals surface area contributed by atoms with Gasteiger partial charge < -0.3 is 4.74 Å². The standard InChI is InChI=1S/C14H15F2N3O2S/c1-2-3-8-11-18-19-14(22-11)17-12(20)9-6-4-5-7-10(9)21-13(15)16/h4-7,13H,2-3,8H2,1H3,(H,17,19,20). The second-order valence-corrected chi connectivity index (χ2v) is 5.50. The number of nitrogens with zero attached hydrogens (tertiary/aromatic N) is 2. The highest BCUT2D eigenvalue weighted by Crippen LogP contribution is 2.23. The molecule has 0 saturated carbocycles. The number of benzene rings is 1. The van der Waals surface area contributed by atoms with Crippen LogP contribution in [0.5, 0.6) is 5.75 Å². The van der Waals surface area contributed by atoms with Crippen molar-refractivity contribution in [2.75, 3.05) is 5.32 Å². The number of carbonyl (C=O) groups is 1. The highest BCUT2D eigenvalue weighted by Gasteiger charge is 2.16. The molecular weight excluding hydrogens is 312 g/mol. The van der Waals surface area contributed by atoms with Crippen molar-refractivity contribution in [1.82, 2.24) is 10.2 Å². The fourth-order valence-electron chi connectivity index (χ4n) is 1.75. The van der Waals surface area contributed by atoms with Crippen molar-refractivity contribution >= 4 is 22.4 Å². The smallest absolute Gasteiger partial charge is 0.387 e. The molecule has 1 aromatic heterocycles. The number of nitrogens with one attached hydrogen (secondary N) is 1. The van der Waals surface area contributed by atoms with Crippen LogP contribution in [0.2, 0.25) is 0 Å². The van der Waals surface area contributed by atoms with Crippen LogP contribution in [0.4, 0.5) is 13.9 Å². The number of aromatic nitrogens is 2. The minimum Gasteiger partial charge on any atom is -0.434 e. The molecule has 1 heterocycles. The number of para-hydroxylation sites is 1. The summed E-state index contributed by atoms with van der Waals surface area (Å²) in [4.78, 5) is 12.1. The summed E-state index contributed by atoms with van der Waals surface area (Å²) >= 11 is 1.27. The zero-order valence-electron chi connectivity index (χ0n) is 11.9. The number of aryl methyl sites for hydroxylation is 1. The molecule has 0 spiro atoms. The van der Waals surface area contributed by atoms with Crippen LogP contribution >= 0.6 is 11.3 Å². The normalized spacial score (nSPS) is 10.7. The van der Waals surface area contributed by atoms with Gasteiger partial charge in [0.05, 0.1) is 5.56 Å². The van der Waals surface area contributed by atoms with Gasteiger partial charge in [-0.1, -0.05) is 36.8 Å². The lowest BCUT2D eigenvalue weighted by Gasteiger charge is -2.09. The number of carbonyl (C=O) groups excluding carboxylic acids is 1. The Morgan fingerprint density at radius 1 is 1.36 bits per heavy atom. The van der Waals surface area contributed by atoms with Crippen LogP contribution in [0, 0.1) is 0 Å². The van der Waals surface area contributed by atoms with Crippen molar-refractivity contribution in [3.63, 3.8) is 0 Å². The average Bonchev–Trinajstić information content (AvgIpc) is 2.92. The summed E-state index contributed by atoms with van der Waals surface area (Å²) in [6.07, 6.45) is 2.84. The predicted octanol–water partition coefficient (Wildman–Crippen LogP) is 3.73. The molecule has 1 N–H and O–H groups in total. The van der Waals surface area contributed by atoms with E-state index in [-0.39, 0.29) is 11.3 Å². The van der Waals surface area contributed by atoms with Crippen LogP contribution in [0.3, 0.4) is 0 Å². The number of alkyl halides is 2. The summed E-state index contributed by atoms with van der Waals surface area (Å²) in [7, 11) is 0. The first-order chi connectivity index (χ1) is 10.6. The molecule has 5 nitrogen and oxygen atoms in total. The lowest BCUT2D eigenvalue weighted by Crippen LogP contribution is -2.14. The number of rotatable bonds is 7. The Bertz CT molecular complexity index is 634. The molecule has 118 valence electrons. The molecule has 2 aromatic rings. The number of unbranched alkanes of at least 4 members (excludes halogenated alkanes) is 1. The van der Waals surface area contributed by atoms with E-state index in [0.717, 1.165) is 24.3 Å². The predicted molar refractivity (Wildman–Crippen MR) is 79.5 cm³/mol. The van der Waals surface area contributed by atoms with Crippen molar-refractivity contribution < 1.29 is 18.3 Å². The summed E-state index contributed by atoms with van der Waals surface area (Å²) in [6.45, 7) is -0.917. The highest BCUT2D eigenvalue weighted by molar-refractivity contribution is 7.15. The quantitative estimate of drug-likeness (QED) is 0.841. The van der Waals surface area contributed by atoms with Crippen LogP contribution in [-0.4, -0.2) is 22.7 Å². The van der Waals surface area contributed by atoms with E-state index < -0.39 is 12.5 Å². The van der Waals surface area contributed by atoms with Gasteiger partial charge in [0, 0.05) is 6.42 Å². The summed E-state index contributed by atoms with van der Waals surface area (Å²) in [5.41, 5.74) is 0.0214. The fraction of sp³-hybridized carbons (Fsp3) is 0.357. The average molecular weight is 327 g/mol. The molecule has 0 saturated heterocycles. The Morgan fingerprint density at radius 3 is 2.86 bits per heavy atom. The number of amides is 1. The van der Waals surface area contributed by atoms with Crippen molar-refractivity contribution in [1.29, 1.82) is 0 Å². The number of ether oxygens (including phenoxy) is 1. The number of anilines is 1. The molecule has 0 aliphatic carbocycles. The molecule has 2 rings (SSSR count). The summed E-state index contributed by atoms with van der Waals surface area (Å²) in [5.74, 6) is -0.736. The van der Waals surface area contributed by atoms with E-state index in [1.165, 1.54) is 29.5 Å². The monoisotopic (exact) mass is 327 g/mol. The zero-order valence-corrected chi connectivity index (χ0v) is 12.7. The molecular formula is C14H15F2N3O2S. The molecule has 0 unspecified atom stereocenters. The molecule has 0 aliphatic heterocycles. The summed E-state index contributed by atoms with van der Waals surface area (Å²) in [5, 5.41) is 11.6.